The molecule has 0 aliphatic carbocycles. The Balaban J connectivity index is 1.84. The number of carbonyl (C=O) groups is 2. The van der Waals surface area contributed by atoms with Crippen LogP contribution in [-0.2, 0) is 28.3 Å². The van der Waals surface area contributed by atoms with Crippen LogP contribution in [-0.4, -0.2) is 35.1 Å². The highest BCUT2D eigenvalue weighted by molar-refractivity contribution is 7.99. The fourth-order valence-electron chi connectivity index (χ4n) is 3.84. The zero-order valence-electron chi connectivity index (χ0n) is 21.5. The van der Waals surface area contributed by atoms with Crippen LogP contribution in [0.5, 0.6) is 0 Å². The van der Waals surface area contributed by atoms with Crippen LogP contribution in [0.3, 0.4) is 0 Å². The third kappa shape index (κ3) is 9.41. The van der Waals surface area contributed by atoms with Crippen molar-refractivity contribution in [2.45, 2.75) is 45.5 Å². The van der Waals surface area contributed by atoms with E-state index in [2.05, 4.69) is 19.2 Å². The maximum absolute atomic E-state index is 13.7. The standard InChI is InChI=1S/C30H34Cl2N2O2S/c1-21(2)17-33-30(36)28(15-23-7-5-4-6-8-23)34(18-24-11-9-22(3)10-12-24)29(35)20-37-19-25-13-14-26(31)16-27(25)32/h4-14,16,21,28H,15,17-20H2,1-3H3,(H,33,36)/t28-/m1/s1. The summed E-state index contributed by atoms with van der Waals surface area (Å²) < 4.78 is 0. The van der Waals surface area contributed by atoms with E-state index in [9.17, 15) is 9.59 Å². The molecule has 37 heavy (non-hydrogen) atoms. The van der Waals surface area contributed by atoms with Gasteiger partial charge in [0.2, 0.25) is 11.8 Å². The fraction of sp³-hybridized carbons (Fsp3) is 0.333. The van der Waals surface area contributed by atoms with E-state index in [0.29, 0.717) is 41.2 Å². The molecule has 0 radical (unpaired) electrons. The van der Waals surface area contributed by atoms with E-state index in [1.807, 2.05) is 67.6 Å². The molecule has 3 aromatic carbocycles. The molecular weight excluding hydrogens is 523 g/mol. The first-order valence-electron chi connectivity index (χ1n) is 12.4. The second-order valence-corrected chi connectivity index (χ2v) is 11.4. The van der Waals surface area contributed by atoms with Gasteiger partial charge in [0.15, 0.2) is 0 Å². The van der Waals surface area contributed by atoms with Crippen LogP contribution in [0, 0.1) is 12.8 Å². The van der Waals surface area contributed by atoms with Gasteiger partial charge in [0.1, 0.15) is 6.04 Å². The van der Waals surface area contributed by atoms with E-state index in [-0.39, 0.29) is 17.6 Å². The number of rotatable bonds is 12. The lowest BCUT2D eigenvalue weighted by Gasteiger charge is -2.32. The number of carbonyl (C=O) groups excluding carboxylic acids is 2. The molecule has 3 aromatic rings. The van der Waals surface area contributed by atoms with E-state index < -0.39 is 6.04 Å². The van der Waals surface area contributed by atoms with Gasteiger partial charge in [-0.3, -0.25) is 9.59 Å². The highest BCUT2D eigenvalue weighted by atomic mass is 35.5. The molecule has 0 unspecified atom stereocenters. The third-order valence-corrected chi connectivity index (χ3v) is 7.48. The molecule has 7 heteroatoms. The normalized spacial score (nSPS) is 11.8. The number of hydrogen-bond acceptors (Lipinski definition) is 3. The largest absolute Gasteiger partial charge is 0.354 e. The van der Waals surface area contributed by atoms with Gasteiger partial charge < -0.3 is 10.2 Å². The second-order valence-electron chi connectivity index (χ2n) is 9.58. The number of amides is 2. The van der Waals surface area contributed by atoms with Gasteiger partial charge >= 0.3 is 0 Å². The van der Waals surface area contributed by atoms with Crippen molar-refractivity contribution in [3.63, 3.8) is 0 Å². The van der Waals surface area contributed by atoms with Crippen molar-refractivity contribution in [2.24, 2.45) is 5.92 Å². The molecule has 0 bridgehead atoms. The van der Waals surface area contributed by atoms with Crippen molar-refractivity contribution in [1.29, 1.82) is 0 Å². The van der Waals surface area contributed by atoms with Gasteiger partial charge in [-0.15, -0.1) is 11.8 Å². The summed E-state index contributed by atoms with van der Waals surface area (Å²) in [5.74, 6) is 0.888. The van der Waals surface area contributed by atoms with Crippen molar-refractivity contribution >= 4 is 46.8 Å². The second kappa shape index (κ2) is 14.5. The Bertz CT molecular complexity index is 1170. The average Bonchev–Trinajstić information content (AvgIpc) is 2.87. The summed E-state index contributed by atoms with van der Waals surface area (Å²) in [6.07, 6.45) is 0.441. The molecule has 1 N–H and O–H groups in total. The van der Waals surface area contributed by atoms with Crippen LogP contribution in [0.25, 0.3) is 0 Å². The molecular formula is C30H34Cl2N2O2S. The average molecular weight is 558 g/mol. The Labute approximate surface area is 234 Å². The minimum absolute atomic E-state index is 0.0868. The van der Waals surface area contributed by atoms with Crippen LogP contribution in [0.1, 0.15) is 36.1 Å². The highest BCUT2D eigenvalue weighted by Gasteiger charge is 2.30. The number of benzene rings is 3. The van der Waals surface area contributed by atoms with Gasteiger partial charge in [0.05, 0.1) is 5.75 Å². The molecule has 0 spiro atoms. The monoisotopic (exact) mass is 556 g/mol. The molecule has 196 valence electrons. The molecule has 4 nitrogen and oxygen atoms in total. The molecule has 1 atom stereocenters. The lowest BCUT2D eigenvalue weighted by molar-refractivity contribution is -0.139. The number of thioether (sulfide) groups is 1. The molecule has 3 rings (SSSR count). The van der Waals surface area contributed by atoms with Crippen molar-refractivity contribution in [2.75, 3.05) is 12.3 Å². The van der Waals surface area contributed by atoms with E-state index in [1.54, 1.807) is 17.0 Å². The molecule has 2 amide bonds. The predicted octanol–water partition coefficient (Wildman–Crippen LogP) is 6.95. The number of aryl methyl sites for hydroxylation is 1. The molecule has 0 aliphatic heterocycles. The SMILES string of the molecule is Cc1ccc(CN(C(=O)CSCc2ccc(Cl)cc2Cl)[C@H](Cc2ccccc2)C(=O)NCC(C)C)cc1. The summed E-state index contributed by atoms with van der Waals surface area (Å²) in [4.78, 5) is 28.9. The Morgan fingerprint density at radius 1 is 0.946 bits per heavy atom. The first-order chi connectivity index (χ1) is 17.7. The van der Waals surface area contributed by atoms with Crippen LogP contribution in [0.15, 0.2) is 72.8 Å². The summed E-state index contributed by atoms with van der Waals surface area (Å²) >= 11 is 13.8. The third-order valence-electron chi connectivity index (χ3n) is 5.93. The van der Waals surface area contributed by atoms with Gasteiger partial charge in [-0.05, 0) is 41.7 Å². The van der Waals surface area contributed by atoms with E-state index in [0.717, 1.165) is 22.3 Å². The van der Waals surface area contributed by atoms with Crippen molar-refractivity contribution in [1.82, 2.24) is 10.2 Å². The number of nitrogens with zero attached hydrogens (tertiary/aromatic N) is 1. The maximum Gasteiger partial charge on any atom is 0.243 e. The first kappa shape index (κ1) is 29.1. The maximum atomic E-state index is 13.7. The van der Waals surface area contributed by atoms with Crippen molar-refractivity contribution < 1.29 is 9.59 Å². The summed E-state index contributed by atoms with van der Waals surface area (Å²) in [6.45, 7) is 7.05. The van der Waals surface area contributed by atoms with E-state index in [1.165, 1.54) is 11.8 Å². The number of hydrogen-bond donors (Lipinski definition) is 1. The van der Waals surface area contributed by atoms with Gasteiger partial charge in [-0.1, -0.05) is 103 Å². The smallest absolute Gasteiger partial charge is 0.243 e. The Hall–Kier alpha value is -2.47. The quantitative estimate of drug-likeness (QED) is 0.262. The lowest BCUT2D eigenvalue weighted by atomic mass is 10.0. The number of nitrogens with one attached hydrogen (secondary N) is 1. The minimum atomic E-state index is -0.630. The van der Waals surface area contributed by atoms with Gasteiger partial charge in [0.25, 0.3) is 0 Å². The van der Waals surface area contributed by atoms with Crippen molar-refractivity contribution in [3.8, 4) is 0 Å². The Morgan fingerprint density at radius 3 is 2.30 bits per heavy atom. The molecule has 0 heterocycles. The molecule has 0 saturated carbocycles. The van der Waals surface area contributed by atoms with Crippen LogP contribution in [0.4, 0.5) is 0 Å². The van der Waals surface area contributed by atoms with Gasteiger partial charge in [0, 0.05) is 35.3 Å². The fourth-order valence-corrected chi connectivity index (χ4v) is 5.31. The van der Waals surface area contributed by atoms with Crippen LogP contribution < -0.4 is 5.32 Å². The highest BCUT2D eigenvalue weighted by Crippen LogP contribution is 2.25. The summed E-state index contributed by atoms with van der Waals surface area (Å²) in [6, 6.07) is 22.7. The van der Waals surface area contributed by atoms with E-state index >= 15 is 0 Å². The van der Waals surface area contributed by atoms with Gasteiger partial charge in [-0.2, -0.15) is 0 Å². The minimum Gasteiger partial charge on any atom is -0.354 e. The number of halogens is 2. The van der Waals surface area contributed by atoms with E-state index in [4.69, 9.17) is 23.2 Å². The van der Waals surface area contributed by atoms with Crippen molar-refractivity contribution in [3.05, 3.63) is 105 Å². The molecule has 0 aliphatic rings. The molecule has 0 aromatic heterocycles. The summed E-state index contributed by atoms with van der Waals surface area (Å²) in [7, 11) is 0. The summed E-state index contributed by atoms with van der Waals surface area (Å²) in [5.41, 5.74) is 4.06. The molecule has 0 fully saturated rings. The van der Waals surface area contributed by atoms with Crippen LogP contribution >= 0.6 is 35.0 Å². The Kier molecular flexibility index (Phi) is 11.4. The summed E-state index contributed by atoms with van der Waals surface area (Å²) in [5, 5.41) is 4.22. The zero-order valence-corrected chi connectivity index (χ0v) is 23.9. The Morgan fingerprint density at radius 2 is 1.65 bits per heavy atom. The van der Waals surface area contributed by atoms with Gasteiger partial charge in [-0.25, -0.2) is 0 Å². The molecule has 0 saturated heterocycles. The first-order valence-corrected chi connectivity index (χ1v) is 14.3. The lowest BCUT2D eigenvalue weighted by Crippen LogP contribution is -2.51. The zero-order chi connectivity index (χ0) is 26.8. The predicted molar refractivity (Wildman–Crippen MR) is 156 cm³/mol. The van der Waals surface area contributed by atoms with Crippen LogP contribution in [0.2, 0.25) is 10.0 Å². The topological polar surface area (TPSA) is 49.4 Å².